The lowest BCUT2D eigenvalue weighted by molar-refractivity contribution is -0.189. The van der Waals surface area contributed by atoms with Gasteiger partial charge in [0.15, 0.2) is 0 Å². The Labute approximate surface area is 207 Å². The van der Waals surface area contributed by atoms with Crippen LogP contribution in [-0.2, 0) is 29.9 Å². The van der Waals surface area contributed by atoms with Gasteiger partial charge in [0.05, 0.1) is 18.9 Å². The average molecular weight is 497 g/mol. The molecule has 1 unspecified atom stereocenters. The van der Waals surface area contributed by atoms with E-state index in [1.54, 1.807) is 26.2 Å². The van der Waals surface area contributed by atoms with Crippen molar-refractivity contribution in [2.75, 3.05) is 19.8 Å². The lowest BCUT2D eigenvalue weighted by atomic mass is 9.97. The third-order valence-corrected chi connectivity index (χ3v) is 8.01. The van der Waals surface area contributed by atoms with Crippen LogP contribution in [0.4, 0.5) is 0 Å². The summed E-state index contributed by atoms with van der Waals surface area (Å²) in [5.74, 6) is -0.233. The van der Waals surface area contributed by atoms with E-state index in [-0.39, 0.29) is 32.3 Å². The molecule has 8 heteroatoms. The first kappa shape index (κ1) is 26.8. The number of hydrogen-bond acceptors (Lipinski definition) is 6. The molecule has 1 heterocycles. The molecule has 0 saturated carbocycles. The molecular weight excluding hydrogens is 463 g/mol. The second kappa shape index (κ2) is 13.3. The molecule has 0 saturated heterocycles. The number of benzene rings is 2. The van der Waals surface area contributed by atoms with E-state index in [4.69, 9.17) is 13.9 Å². The molecule has 0 aliphatic rings. The first-order valence-electron chi connectivity index (χ1n) is 11.8. The van der Waals surface area contributed by atoms with Crippen LogP contribution in [0.25, 0.3) is 11.1 Å². The van der Waals surface area contributed by atoms with Crippen LogP contribution in [0.3, 0.4) is 0 Å². The molecule has 2 aromatic carbocycles. The van der Waals surface area contributed by atoms with Crippen molar-refractivity contribution in [3.63, 3.8) is 0 Å². The SMILES string of the molecule is CCOP(=O)(OCC)C(CCN(OCc1ccccc1)C(C)=O)c1ccccc1-c1cccnc1. The first-order chi connectivity index (χ1) is 17.0. The molecule has 0 spiro atoms. The summed E-state index contributed by atoms with van der Waals surface area (Å²) in [4.78, 5) is 22.4. The zero-order chi connectivity index (χ0) is 25.1. The zero-order valence-corrected chi connectivity index (χ0v) is 21.4. The molecule has 0 N–H and O–H groups in total. The summed E-state index contributed by atoms with van der Waals surface area (Å²) in [5, 5.41) is 1.31. The highest BCUT2D eigenvalue weighted by Crippen LogP contribution is 2.63. The van der Waals surface area contributed by atoms with E-state index in [0.717, 1.165) is 22.3 Å². The Morgan fingerprint density at radius 1 is 0.971 bits per heavy atom. The monoisotopic (exact) mass is 496 g/mol. The van der Waals surface area contributed by atoms with E-state index in [1.165, 1.54) is 12.0 Å². The van der Waals surface area contributed by atoms with Gasteiger partial charge in [0.2, 0.25) is 5.91 Å². The number of nitrogens with zero attached hydrogens (tertiary/aromatic N) is 2. The van der Waals surface area contributed by atoms with Crippen LogP contribution in [0.1, 0.15) is 44.0 Å². The number of pyridine rings is 1. The maximum atomic E-state index is 14.1. The van der Waals surface area contributed by atoms with Gasteiger partial charge >= 0.3 is 7.60 Å². The predicted octanol–water partition coefficient (Wildman–Crippen LogP) is 6.43. The van der Waals surface area contributed by atoms with Crippen LogP contribution in [0.15, 0.2) is 79.1 Å². The smallest absolute Gasteiger partial charge is 0.308 e. The summed E-state index contributed by atoms with van der Waals surface area (Å²) >= 11 is 0. The predicted molar refractivity (Wildman–Crippen MR) is 137 cm³/mol. The van der Waals surface area contributed by atoms with Gasteiger partial charge in [-0.2, -0.15) is 0 Å². The standard InChI is InChI=1S/C27H33N2O5P/c1-4-33-35(31,34-5-2)27(26-16-10-9-15-25(26)24-14-11-18-28-20-24)17-19-29(22(3)30)32-21-23-12-7-6-8-13-23/h6-16,18,20,27H,4-5,17,19,21H2,1-3H3. The van der Waals surface area contributed by atoms with E-state index >= 15 is 0 Å². The largest absolute Gasteiger partial charge is 0.338 e. The molecule has 1 amide bonds. The molecule has 0 fully saturated rings. The van der Waals surface area contributed by atoms with Crippen molar-refractivity contribution in [1.82, 2.24) is 10.0 Å². The van der Waals surface area contributed by atoms with Crippen molar-refractivity contribution in [3.8, 4) is 11.1 Å². The van der Waals surface area contributed by atoms with Crippen molar-refractivity contribution < 1.29 is 23.2 Å². The highest BCUT2D eigenvalue weighted by atomic mass is 31.2. The molecule has 0 aliphatic carbocycles. The van der Waals surface area contributed by atoms with Gasteiger partial charge in [-0.25, -0.2) is 5.06 Å². The van der Waals surface area contributed by atoms with Crippen molar-refractivity contribution in [1.29, 1.82) is 0 Å². The summed E-state index contributed by atoms with van der Waals surface area (Å²) in [6.45, 7) is 5.99. The molecule has 0 bridgehead atoms. The molecule has 1 aromatic heterocycles. The minimum absolute atomic E-state index is 0.221. The fourth-order valence-corrected chi connectivity index (χ4v) is 6.06. The summed E-state index contributed by atoms with van der Waals surface area (Å²) in [5.41, 5.74) is 2.95. The summed E-state index contributed by atoms with van der Waals surface area (Å²) in [6, 6.07) is 21.2. The summed E-state index contributed by atoms with van der Waals surface area (Å²) < 4.78 is 25.6. The van der Waals surface area contributed by atoms with Crippen LogP contribution in [-0.4, -0.2) is 35.7 Å². The highest BCUT2D eigenvalue weighted by molar-refractivity contribution is 7.54. The highest BCUT2D eigenvalue weighted by Gasteiger charge is 2.38. The molecule has 35 heavy (non-hydrogen) atoms. The molecule has 0 radical (unpaired) electrons. The lowest BCUT2D eigenvalue weighted by Crippen LogP contribution is -2.31. The number of rotatable bonds is 13. The van der Waals surface area contributed by atoms with E-state index in [9.17, 15) is 9.36 Å². The third kappa shape index (κ3) is 7.33. The second-order valence-electron chi connectivity index (χ2n) is 7.89. The quantitative estimate of drug-likeness (QED) is 0.201. The van der Waals surface area contributed by atoms with Gasteiger partial charge in [-0.3, -0.25) is 19.2 Å². The van der Waals surface area contributed by atoms with Crippen molar-refractivity contribution >= 4 is 13.5 Å². The van der Waals surface area contributed by atoms with E-state index in [1.807, 2.05) is 66.7 Å². The molecular formula is C27H33N2O5P. The molecule has 3 aromatic rings. The van der Waals surface area contributed by atoms with Gasteiger partial charge in [0, 0.05) is 31.4 Å². The van der Waals surface area contributed by atoms with Crippen molar-refractivity contribution in [2.45, 2.75) is 39.5 Å². The second-order valence-corrected chi connectivity index (χ2v) is 10.1. The molecule has 186 valence electrons. The number of hydroxylamine groups is 2. The lowest BCUT2D eigenvalue weighted by Gasteiger charge is -2.30. The number of hydrogen-bond donors (Lipinski definition) is 0. The van der Waals surface area contributed by atoms with Gasteiger partial charge in [-0.15, -0.1) is 0 Å². The Kier molecular flexibility index (Phi) is 10.2. The van der Waals surface area contributed by atoms with Crippen LogP contribution >= 0.6 is 7.60 Å². The fourth-order valence-electron chi connectivity index (χ4n) is 3.91. The van der Waals surface area contributed by atoms with Crippen molar-refractivity contribution in [2.24, 2.45) is 0 Å². The Morgan fingerprint density at radius 3 is 2.29 bits per heavy atom. The first-order valence-corrected chi connectivity index (χ1v) is 13.4. The maximum Gasteiger partial charge on any atom is 0.338 e. The molecule has 7 nitrogen and oxygen atoms in total. The van der Waals surface area contributed by atoms with Crippen LogP contribution in [0.2, 0.25) is 0 Å². The minimum Gasteiger partial charge on any atom is -0.308 e. The van der Waals surface area contributed by atoms with Gasteiger partial charge in [0.1, 0.15) is 6.61 Å². The van der Waals surface area contributed by atoms with Gasteiger partial charge < -0.3 is 9.05 Å². The Balaban J connectivity index is 1.92. The average Bonchev–Trinajstić information content (AvgIpc) is 2.87. The molecule has 1 atom stereocenters. The number of carbonyl (C=O) groups is 1. The van der Waals surface area contributed by atoms with Crippen LogP contribution in [0.5, 0.6) is 0 Å². The Hall–Kier alpha value is -2.83. The molecule has 3 rings (SSSR count). The van der Waals surface area contributed by atoms with Crippen molar-refractivity contribution in [3.05, 3.63) is 90.3 Å². The summed E-state index contributed by atoms with van der Waals surface area (Å²) in [7, 11) is -3.58. The maximum absolute atomic E-state index is 14.1. The van der Waals surface area contributed by atoms with Gasteiger partial charge in [-0.05, 0) is 43.0 Å². The minimum atomic E-state index is -3.58. The van der Waals surface area contributed by atoms with E-state index in [0.29, 0.717) is 6.42 Å². The molecule has 0 aliphatic heterocycles. The third-order valence-electron chi connectivity index (χ3n) is 5.48. The number of carbonyl (C=O) groups excluding carboxylic acids is 1. The zero-order valence-electron chi connectivity index (χ0n) is 20.5. The van der Waals surface area contributed by atoms with Crippen LogP contribution < -0.4 is 0 Å². The number of aromatic nitrogens is 1. The van der Waals surface area contributed by atoms with Crippen LogP contribution in [0, 0.1) is 0 Å². The topological polar surface area (TPSA) is 78.0 Å². The fraction of sp³-hybridized carbons (Fsp3) is 0.333. The van der Waals surface area contributed by atoms with Gasteiger partial charge in [0.25, 0.3) is 0 Å². The van der Waals surface area contributed by atoms with E-state index < -0.39 is 13.3 Å². The van der Waals surface area contributed by atoms with E-state index in [2.05, 4.69) is 4.98 Å². The Morgan fingerprint density at radius 2 is 1.66 bits per heavy atom. The Bertz CT molecular complexity index is 1100. The summed E-state index contributed by atoms with van der Waals surface area (Å²) in [6.07, 6.45) is 3.81. The number of amides is 1. The normalized spacial score (nSPS) is 12.3. The van der Waals surface area contributed by atoms with Gasteiger partial charge in [-0.1, -0.05) is 60.7 Å².